The van der Waals surface area contributed by atoms with Crippen LogP contribution in [0, 0.1) is 11.8 Å². The summed E-state index contributed by atoms with van der Waals surface area (Å²) in [6, 6.07) is -2.37. The quantitative estimate of drug-likeness (QED) is 0.139. The molecule has 0 bridgehead atoms. The topological polar surface area (TPSA) is 192 Å². The van der Waals surface area contributed by atoms with E-state index in [1.54, 1.807) is 27.7 Å². The standard InChI is InChI=1S/C23H42N6O7/c1-5-25-20(32)16(7-6-9-26-23(24)35)27-21(33)19(14(2)3)28-17(30)8-11-36-12-10-29-18(31)13-15(4)22(29)34/h14-16,19,22,34H,5-13H2,1-4H3,(H,25,32)(H,27,33)(H,28,30)(H3,24,26,35). The first-order chi connectivity index (χ1) is 17.0. The van der Waals surface area contributed by atoms with Crippen molar-refractivity contribution < 1.29 is 33.8 Å². The summed E-state index contributed by atoms with van der Waals surface area (Å²) < 4.78 is 5.44. The van der Waals surface area contributed by atoms with Gasteiger partial charge in [0.15, 0.2) is 0 Å². The second kappa shape index (κ2) is 15.9. The molecule has 1 aliphatic heterocycles. The second-order valence-electron chi connectivity index (χ2n) is 9.22. The zero-order chi connectivity index (χ0) is 27.3. The lowest BCUT2D eigenvalue weighted by Crippen LogP contribution is -2.55. The Balaban J connectivity index is 2.51. The number of carbonyl (C=O) groups is 5. The number of urea groups is 1. The summed E-state index contributed by atoms with van der Waals surface area (Å²) in [6.45, 7) is 8.26. The number of aliphatic hydroxyl groups excluding tert-OH is 1. The van der Waals surface area contributed by atoms with Crippen LogP contribution in [0.15, 0.2) is 0 Å². The predicted molar refractivity (Wildman–Crippen MR) is 131 cm³/mol. The lowest BCUT2D eigenvalue weighted by Gasteiger charge is -2.25. The van der Waals surface area contributed by atoms with Gasteiger partial charge in [0, 0.05) is 38.4 Å². The van der Waals surface area contributed by atoms with Crippen molar-refractivity contribution in [2.45, 2.75) is 71.7 Å². The molecule has 0 aromatic heterocycles. The number of hydrogen-bond acceptors (Lipinski definition) is 7. The largest absolute Gasteiger partial charge is 0.379 e. The normalized spacial score (nSPS) is 19.1. The minimum Gasteiger partial charge on any atom is -0.379 e. The first-order valence-corrected chi connectivity index (χ1v) is 12.4. The average molecular weight is 515 g/mol. The van der Waals surface area contributed by atoms with E-state index in [9.17, 15) is 29.1 Å². The Hall–Kier alpha value is -2.93. The van der Waals surface area contributed by atoms with Gasteiger partial charge in [0.25, 0.3) is 0 Å². The van der Waals surface area contributed by atoms with Crippen LogP contribution in [0.2, 0.25) is 0 Å². The number of rotatable bonds is 16. The third-order valence-corrected chi connectivity index (χ3v) is 5.81. The van der Waals surface area contributed by atoms with Gasteiger partial charge in [-0.1, -0.05) is 20.8 Å². The molecule has 0 aromatic rings. The van der Waals surface area contributed by atoms with Crippen LogP contribution in [0.4, 0.5) is 4.79 Å². The van der Waals surface area contributed by atoms with Crippen LogP contribution in [-0.4, -0.2) is 90.8 Å². The molecule has 1 aliphatic rings. The summed E-state index contributed by atoms with van der Waals surface area (Å²) in [6.07, 6.45) is 0.171. The van der Waals surface area contributed by atoms with E-state index in [-0.39, 0.29) is 62.8 Å². The molecule has 13 nitrogen and oxygen atoms in total. The molecule has 1 saturated heterocycles. The highest BCUT2D eigenvalue weighted by molar-refractivity contribution is 5.92. The lowest BCUT2D eigenvalue weighted by molar-refractivity contribution is -0.135. The van der Waals surface area contributed by atoms with Crippen LogP contribution in [-0.2, 0) is 23.9 Å². The minimum atomic E-state index is -0.864. The Kier molecular flexibility index (Phi) is 13.8. The molecule has 0 radical (unpaired) electrons. The van der Waals surface area contributed by atoms with Gasteiger partial charge in [0.05, 0.1) is 13.2 Å². The number of ether oxygens (including phenoxy) is 1. The van der Waals surface area contributed by atoms with Crippen molar-refractivity contribution in [2.75, 3.05) is 32.8 Å². The molecule has 206 valence electrons. The molecule has 0 saturated carbocycles. The van der Waals surface area contributed by atoms with Gasteiger partial charge < -0.3 is 41.7 Å². The fourth-order valence-corrected chi connectivity index (χ4v) is 3.77. The Bertz CT molecular complexity index is 763. The molecule has 4 atom stereocenters. The molecule has 0 aliphatic carbocycles. The van der Waals surface area contributed by atoms with Gasteiger partial charge >= 0.3 is 6.03 Å². The molecule has 13 heteroatoms. The highest BCUT2D eigenvalue weighted by atomic mass is 16.5. The third-order valence-electron chi connectivity index (χ3n) is 5.81. The fourth-order valence-electron chi connectivity index (χ4n) is 3.77. The van der Waals surface area contributed by atoms with E-state index < -0.39 is 36.2 Å². The van der Waals surface area contributed by atoms with Crippen molar-refractivity contribution in [1.29, 1.82) is 0 Å². The summed E-state index contributed by atoms with van der Waals surface area (Å²) in [4.78, 5) is 61.7. The van der Waals surface area contributed by atoms with Crippen molar-refractivity contribution in [3.63, 3.8) is 0 Å². The van der Waals surface area contributed by atoms with Crippen molar-refractivity contribution in [1.82, 2.24) is 26.2 Å². The molecule has 0 spiro atoms. The smallest absolute Gasteiger partial charge is 0.312 e. The highest BCUT2D eigenvalue weighted by Crippen LogP contribution is 2.22. The van der Waals surface area contributed by atoms with Gasteiger partial charge in [0.1, 0.15) is 18.3 Å². The fraction of sp³-hybridized carbons (Fsp3) is 0.783. The first-order valence-electron chi connectivity index (χ1n) is 12.4. The Morgan fingerprint density at radius 3 is 2.39 bits per heavy atom. The average Bonchev–Trinajstić information content (AvgIpc) is 3.04. The molecule has 1 fully saturated rings. The van der Waals surface area contributed by atoms with Crippen LogP contribution >= 0.6 is 0 Å². The Morgan fingerprint density at radius 1 is 1.14 bits per heavy atom. The van der Waals surface area contributed by atoms with E-state index in [0.29, 0.717) is 19.4 Å². The number of aliphatic hydroxyl groups is 1. The first kappa shape index (κ1) is 31.1. The maximum atomic E-state index is 12.9. The number of carbonyl (C=O) groups excluding carboxylic acids is 5. The van der Waals surface area contributed by atoms with Crippen LogP contribution in [0.25, 0.3) is 0 Å². The number of nitrogens with one attached hydrogen (secondary N) is 4. The van der Waals surface area contributed by atoms with Gasteiger partial charge in [-0.25, -0.2) is 4.79 Å². The lowest BCUT2D eigenvalue weighted by atomic mass is 10.0. The molecule has 1 rings (SSSR count). The number of likely N-dealkylation sites (tertiary alicyclic amines) is 1. The summed E-state index contributed by atoms with van der Waals surface area (Å²) in [5.74, 6) is -1.74. The molecule has 6 amide bonds. The SMILES string of the molecule is CCNC(=O)C(CCCNC(N)=O)NC(=O)C(NC(=O)CCOCCN1C(=O)CC(C)C1O)C(C)C. The molecule has 0 aromatic carbocycles. The Morgan fingerprint density at radius 2 is 1.83 bits per heavy atom. The van der Waals surface area contributed by atoms with E-state index in [0.717, 1.165) is 0 Å². The number of likely N-dealkylation sites (N-methyl/N-ethyl adjacent to an activating group) is 1. The number of amides is 6. The van der Waals surface area contributed by atoms with Gasteiger partial charge in [-0.3, -0.25) is 19.2 Å². The molecule has 7 N–H and O–H groups in total. The van der Waals surface area contributed by atoms with Crippen molar-refractivity contribution in [3.8, 4) is 0 Å². The zero-order valence-electron chi connectivity index (χ0n) is 21.7. The van der Waals surface area contributed by atoms with E-state index in [4.69, 9.17) is 10.5 Å². The summed E-state index contributed by atoms with van der Waals surface area (Å²) in [7, 11) is 0. The highest BCUT2D eigenvalue weighted by Gasteiger charge is 2.35. The predicted octanol–water partition coefficient (Wildman–Crippen LogP) is -1.21. The third kappa shape index (κ3) is 10.8. The van der Waals surface area contributed by atoms with Crippen molar-refractivity contribution in [2.24, 2.45) is 17.6 Å². The van der Waals surface area contributed by atoms with Crippen LogP contribution in [0.5, 0.6) is 0 Å². The van der Waals surface area contributed by atoms with E-state index in [1.165, 1.54) is 4.90 Å². The molecule has 1 heterocycles. The summed E-state index contributed by atoms with van der Waals surface area (Å²) in [5.41, 5.74) is 5.04. The van der Waals surface area contributed by atoms with Gasteiger partial charge in [0.2, 0.25) is 23.6 Å². The molecular formula is C23H42N6O7. The molecule has 4 unspecified atom stereocenters. The van der Waals surface area contributed by atoms with Crippen LogP contribution in [0.3, 0.4) is 0 Å². The van der Waals surface area contributed by atoms with Crippen LogP contribution < -0.4 is 27.0 Å². The maximum absolute atomic E-state index is 12.9. The van der Waals surface area contributed by atoms with Crippen molar-refractivity contribution >= 4 is 29.7 Å². The summed E-state index contributed by atoms with van der Waals surface area (Å²) >= 11 is 0. The van der Waals surface area contributed by atoms with Gasteiger partial charge in [-0.15, -0.1) is 0 Å². The number of nitrogens with zero attached hydrogens (tertiary/aromatic N) is 1. The van der Waals surface area contributed by atoms with Gasteiger partial charge in [-0.2, -0.15) is 0 Å². The van der Waals surface area contributed by atoms with Gasteiger partial charge in [-0.05, 0) is 25.7 Å². The van der Waals surface area contributed by atoms with E-state index in [2.05, 4.69) is 21.3 Å². The van der Waals surface area contributed by atoms with E-state index in [1.807, 2.05) is 0 Å². The Labute approximate surface area is 212 Å². The summed E-state index contributed by atoms with van der Waals surface area (Å²) in [5, 5.41) is 20.5. The number of primary amides is 1. The van der Waals surface area contributed by atoms with Crippen LogP contribution in [0.1, 0.15) is 53.4 Å². The zero-order valence-corrected chi connectivity index (χ0v) is 21.7. The van der Waals surface area contributed by atoms with Crippen molar-refractivity contribution in [3.05, 3.63) is 0 Å². The monoisotopic (exact) mass is 514 g/mol. The minimum absolute atomic E-state index is 0.00192. The molecule has 36 heavy (non-hydrogen) atoms. The second-order valence-corrected chi connectivity index (χ2v) is 9.22. The van der Waals surface area contributed by atoms with E-state index >= 15 is 0 Å². The molecular weight excluding hydrogens is 472 g/mol. The maximum Gasteiger partial charge on any atom is 0.312 e. The number of nitrogens with two attached hydrogens (primary N) is 1. The number of hydrogen-bond donors (Lipinski definition) is 6.